The Kier molecular flexibility index (Phi) is 4.24. The maximum atomic E-state index is 2.31. The van der Waals surface area contributed by atoms with E-state index < -0.39 is 0 Å². The molecule has 0 N–H and O–H groups in total. The Morgan fingerprint density at radius 3 is 2.20 bits per heavy atom. The maximum Gasteiger partial charge on any atom is 0.212 e. The van der Waals surface area contributed by atoms with Gasteiger partial charge in [-0.25, -0.2) is 4.57 Å². The predicted molar refractivity (Wildman–Crippen MR) is 86.6 cm³/mol. The number of hydrogen-bond acceptors (Lipinski definition) is 0. The van der Waals surface area contributed by atoms with Gasteiger partial charge in [0.25, 0.3) is 0 Å². The minimum absolute atomic E-state index is 0.849. The van der Waals surface area contributed by atoms with Gasteiger partial charge in [0.15, 0.2) is 6.20 Å². The van der Waals surface area contributed by atoms with E-state index in [1.165, 1.54) is 28.9 Å². The van der Waals surface area contributed by atoms with Gasteiger partial charge in [-0.2, -0.15) is 0 Å². The Morgan fingerprint density at radius 2 is 1.65 bits per heavy atom. The molecule has 2 rings (SSSR count). The number of benzene rings is 1. The van der Waals surface area contributed by atoms with E-state index in [-0.39, 0.29) is 0 Å². The number of pyridine rings is 1. The van der Waals surface area contributed by atoms with Crippen molar-refractivity contribution in [3.63, 3.8) is 0 Å². The minimum Gasteiger partial charge on any atom is -0.298 e. The molecule has 1 aromatic carbocycles. The zero-order chi connectivity index (χ0) is 14.8. The number of hydrogen-bond donors (Lipinski definition) is 0. The van der Waals surface area contributed by atoms with Crippen LogP contribution in [0.4, 0.5) is 5.69 Å². The van der Waals surface area contributed by atoms with E-state index in [9.17, 15) is 0 Å². The van der Waals surface area contributed by atoms with Gasteiger partial charge in [-0.3, -0.25) is 4.48 Å². The Morgan fingerprint density at radius 1 is 1.00 bits per heavy atom. The van der Waals surface area contributed by atoms with Crippen molar-refractivity contribution in [1.29, 1.82) is 0 Å². The molecule has 1 aromatic heterocycles. The number of quaternary nitrogens is 1. The summed E-state index contributed by atoms with van der Waals surface area (Å²) in [6, 6.07) is 13.4. The molecule has 0 saturated carbocycles. The summed E-state index contributed by atoms with van der Waals surface area (Å²) < 4.78 is 3.04. The van der Waals surface area contributed by atoms with Crippen molar-refractivity contribution >= 4 is 5.69 Å². The second-order valence-corrected chi connectivity index (χ2v) is 6.34. The van der Waals surface area contributed by atoms with Crippen LogP contribution in [0.2, 0.25) is 0 Å². The molecule has 0 unspecified atom stereocenters. The predicted octanol–water partition coefficient (Wildman–Crippen LogP) is 3.33. The molecule has 20 heavy (non-hydrogen) atoms. The van der Waals surface area contributed by atoms with Crippen molar-refractivity contribution in [2.75, 3.05) is 21.1 Å². The summed E-state index contributed by atoms with van der Waals surface area (Å²) >= 11 is 0. The first-order valence-corrected chi connectivity index (χ1v) is 7.33. The van der Waals surface area contributed by atoms with Crippen LogP contribution in [-0.4, -0.2) is 21.1 Å². The van der Waals surface area contributed by atoms with Gasteiger partial charge in [0.2, 0.25) is 5.69 Å². The van der Waals surface area contributed by atoms with Crippen molar-refractivity contribution in [1.82, 2.24) is 4.48 Å². The molecule has 0 aliphatic heterocycles. The molecule has 0 aliphatic carbocycles. The van der Waals surface area contributed by atoms with Crippen molar-refractivity contribution in [2.24, 2.45) is 7.05 Å². The lowest BCUT2D eigenvalue weighted by Gasteiger charge is -2.23. The third-order valence-electron chi connectivity index (χ3n) is 3.69. The van der Waals surface area contributed by atoms with Crippen LogP contribution in [0, 0.1) is 0 Å². The van der Waals surface area contributed by atoms with Crippen LogP contribution >= 0.6 is 0 Å². The van der Waals surface area contributed by atoms with Crippen molar-refractivity contribution in [3.8, 4) is 11.3 Å². The van der Waals surface area contributed by atoms with Crippen LogP contribution in [-0.2, 0) is 13.5 Å². The smallest absolute Gasteiger partial charge is 0.212 e. The van der Waals surface area contributed by atoms with Gasteiger partial charge >= 0.3 is 0 Å². The molecule has 0 amide bonds. The fourth-order valence-electron chi connectivity index (χ4n) is 2.42. The number of nitrogens with zero attached hydrogens (tertiary/aromatic N) is 2. The summed E-state index contributed by atoms with van der Waals surface area (Å²) in [7, 11) is 8.68. The monoisotopic (exact) mass is 270 g/mol. The van der Waals surface area contributed by atoms with Gasteiger partial charge in [-0.15, -0.1) is 0 Å². The number of rotatable bonds is 4. The molecular weight excluding hydrogens is 244 g/mol. The highest BCUT2D eigenvalue weighted by atomic mass is 15.3. The average Bonchev–Trinajstić information content (AvgIpc) is 2.40. The maximum absolute atomic E-state index is 2.31. The largest absolute Gasteiger partial charge is 0.298 e. The van der Waals surface area contributed by atoms with Gasteiger partial charge in [0, 0.05) is 17.7 Å². The molecule has 2 aromatic rings. The third kappa shape index (κ3) is 3.26. The van der Waals surface area contributed by atoms with Crippen LogP contribution in [0.3, 0.4) is 0 Å². The molecule has 2 nitrogen and oxygen atoms in total. The lowest BCUT2D eigenvalue weighted by Crippen LogP contribution is -2.34. The van der Waals surface area contributed by atoms with E-state index >= 15 is 0 Å². The topological polar surface area (TPSA) is 3.88 Å². The first-order valence-electron chi connectivity index (χ1n) is 7.33. The number of aromatic nitrogens is 1. The van der Waals surface area contributed by atoms with Crippen LogP contribution in [0.1, 0.15) is 18.9 Å². The van der Waals surface area contributed by atoms with Crippen LogP contribution in [0.25, 0.3) is 11.3 Å². The average molecular weight is 270 g/mol. The molecular formula is C18H26N2+2. The van der Waals surface area contributed by atoms with E-state index in [0.717, 1.165) is 10.9 Å². The van der Waals surface area contributed by atoms with Gasteiger partial charge in [0.1, 0.15) is 12.7 Å². The van der Waals surface area contributed by atoms with Gasteiger partial charge in [-0.05, 0) is 36.2 Å². The molecule has 0 radical (unpaired) electrons. The van der Waals surface area contributed by atoms with Crippen molar-refractivity contribution < 1.29 is 4.57 Å². The molecule has 0 fully saturated rings. The molecule has 0 spiro atoms. The van der Waals surface area contributed by atoms with Crippen LogP contribution in [0.15, 0.2) is 42.6 Å². The second kappa shape index (κ2) is 5.76. The molecule has 0 bridgehead atoms. The summed E-state index contributed by atoms with van der Waals surface area (Å²) in [5, 5.41) is 0. The summed E-state index contributed by atoms with van der Waals surface area (Å²) in [4.78, 5) is 0. The Labute approximate surface area is 122 Å². The van der Waals surface area contributed by atoms with E-state index in [4.69, 9.17) is 0 Å². The summed E-state index contributed by atoms with van der Waals surface area (Å²) in [6.45, 7) is 2.22. The summed E-state index contributed by atoms with van der Waals surface area (Å²) in [5.41, 5.74) is 5.30. The molecule has 2 heteroatoms. The molecule has 0 saturated heterocycles. The van der Waals surface area contributed by atoms with E-state index in [1.807, 2.05) is 0 Å². The highest BCUT2D eigenvalue weighted by Gasteiger charge is 2.15. The fourth-order valence-corrected chi connectivity index (χ4v) is 2.42. The Bertz CT molecular complexity index is 577. The molecule has 0 aliphatic rings. The standard InChI is InChI=1S/C18H26N2/c1-6-7-15-12-13-19(2)18(14-15)16-8-10-17(11-9-16)20(3,4)5/h8-14H,6-7H2,1-5H3/q+2. The Hall–Kier alpha value is -1.67. The zero-order valence-corrected chi connectivity index (χ0v) is 13.4. The van der Waals surface area contributed by atoms with Crippen molar-refractivity contribution in [3.05, 3.63) is 48.2 Å². The summed E-state index contributed by atoms with van der Waals surface area (Å²) in [5.74, 6) is 0. The first kappa shape index (κ1) is 14.7. The normalized spacial score (nSPS) is 11.7. The van der Waals surface area contributed by atoms with E-state index in [1.54, 1.807) is 0 Å². The third-order valence-corrected chi connectivity index (χ3v) is 3.69. The van der Waals surface area contributed by atoms with Crippen LogP contribution in [0.5, 0.6) is 0 Å². The zero-order valence-electron chi connectivity index (χ0n) is 13.4. The van der Waals surface area contributed by atoms with E-state index in [0.29, 0.717) is 0 Å². The van der Waals surface area contributed by atoms with Gasteiger partial charge in [-0.1, -0.05) is 13.3 Å². The van der Waals surface area contributed by atoms with Crippen molar-refractivity contribution in [2.45, 2.75) is 19.8 Å². The number of aryl methyl sites for hydroxylation is 2. The molecule has 0 atom stereocenters. The molecule has 1 heterocycles. The van der Waals surface area contributed by atoms with Crippen LogP contribution < -0.4 is 9.05 Å². The quantitative estimate of drug-likeness (QED) is 0.593. The van der Waals surface area contributed by atoms with Gasteiger partial charge < -0.3 is 0 Å². The van der Waals surface area contributed by atoms with Gasteiger partial charge in [0.05, 0.1) is 21.1 Å². The lowest BCUT2D eigenvalue weighted by atomic mass is 10.1. The highest BCUT2D eigenvalue weighted by molar-refractivity contribution is 5.60. The lowest BCUT2D eigenvalue weighted by molar-refractivity contribution is -0.660. The first-order chi connectivity index (χ1) is 9.41. The fraction of sp³-hybridized carbons (Fsp3) is 0.389. The SMILES string of the molecule is CCCc1cc[n+](C)c(-c2ccc([N+](C)(C)C)cc2)c1. The highest BCUT2D eigenvalue weighted by Crippen LogP contribution is 2.23. The van der Waals surface area contributed by atoms with E-state index in [2.05, 4.69) is 82.3 Å². The molecule has 106 valence electrons. The second-order valence-electron chi connectivity index (χ2n) is 6.34. The Balaban J connectivity index is 2.38. The summed E-state index contributed by atoms with van der Waals surface area (Å²) in [6.07, 6.45) is 4.49. The minimum atomic E-state index is 0.849.